The molecule has 5 nitrogen and oxygen atoms in total. The number of carboxylic acids is 1. The highest BCUT2D eigenvalue weighted by Gasteiger charge is 2.39. The third-order valence-electron chi connectivity index (χ3n) is 5.18. The number of amides is 1. The van der Waals surface area contributed by atoms with Crippen LogP contribution < -0.4 is 5.32 Å². The van der Waals surface area contributed by atoms with Crippen LogP contribution in [0.2, 0.25) is 0 Å². The van der Waals surface area contributed by atoms with Crippen molar-refractivity contribution in [2.75, 3.05) is 6.54 Å². The van der Waals surface area contributed by atoms with E-state index in [4.69, 9.17) is 0 Å². The van der Waals surface area contributed by atoms with Gasteiger partial charge in [-0.3, -0.25) is 9.59 Å². The van der Waals surface area contributed by atoms with Crippen LogP contribution in [0, 0.1) is 5.41 Å². The molecule has 2 aromatic rings. The Kier molecular flexibility index (Phi) is 4.88. The first-order chi connectivity index (χ1) is 11.6. The van der Waals surface area contributed by atoms with Crippen LogP contribution >= 0.6 is 0 Å². The van der Waals surface area contributed by atoms with Crippen molar-refractivity contribution in [3.63, 3.8) is 0 Å². The predicted molar refractivity (Wildman–Crippen MR) is 92.8 cm³/mol. The molecule has 5 heteroatoms. The molecule has 0 atom stereocenters. The lowest BCUT2D eigenvalue weighted by atomic mass is 9.74. The van der Waals surface area contributed by atoms with Gasteiger partial charge in [0.15, 0.2) is 0 Å². The van der Waals surface area contributed by atoms with E-state index in [1.165, 1.54) is 0 Å². The molecule has 0 spiro atoms. The van der Waals surface area contributed by atoms with E-state index in [-0.39, 0.29) is 12.5 Å². The highest BCUT2D eigenvalue weighted by atomic mass is 16.4. The summed E-state index contributed by atoms with van der Waals surface area (Å²) in [6, 6.07) is 8.02. The van der Waals surface area contributed by atoms with E-state index in [9.17, 15) is 14.7 Å². The molecule has 1 aromatic carbocycles. The largest absolute Gasteiger partial charge is 0.481 e. The molecule has 1 aliphatic rings. The maximum atomic E-state index is 12.2. The summed E-state index contributed by atoms with van der Waals surface area (Å²) in [6.07, 6.45) is 7.22. The van der Waals surface area contributed by atoms with Crippen molar-refractivity contribution in [1.29, 1.82) is 0 Å². The summed E-state index contributed by atoms with van der Waals surface area (Å²) >= 11 is 0. The van der Waals surface area contributed by atoms with E-state index >= 15 is 0 Å². The molecule has 0 bridgehead atoms. The van der Waals surface area contributed by atoms with Gasteiger partial charge in [-0.25, -0.2) is 0 Å². The maximum Gasteiger partial charge on any atom is 0.311 e. The second-order valence-corrected chi connectivity index (χ2v) is 6.78. The van der Waals surface area contributed by atoms with Gasteiger partial charge in [0.2, 0.25) is 5.91 Å². The quantitative estimate of drug-likeness (QED) is 0.761. The van der Waals surface area contributed by atoms with Crippen LogP contribution in [0.15, 0.2) is 30.5 Å². The van der Waals surface area contributed by atoms with Gasteiger partial charge in [0.25, 0.3) is 0 Å². The van der Waals surface area contributed by atoms with Crippen molar-refractivity contribution >= 4 is 22.8 Å². The Bertz CT molecular complexity index is 729. The molecule has 3 N–H and O–H groups in total. The molecule has 1 fully saturated rings. The number of fused-ring (bicyclic) bond motifs is 1. The molecule has 1 aliphatic carbocycles. The number of aromatic nitrogens is 1. The molecule has 0 unspecified atom stereocenters. The van der Waals surface area contributed by atoms with Crippen LogP contribution in [0.3, 0.4) is 0 Å². The van der Waals surface area contributed by atoms with Gasteiger partial charge in [-0.1, -0.05) is 37.5 Å². The Hall–Kier alpha value is -2.30. The number of nitrogens with one attached hydrogen (secondary N) is 2. The fourth-order valence-corrected chi connectivity index (χ4v) is 3.64. The monoisotopic (exact) mass is 328 g/mol. The average Bonchev–Trinajstić information content (AvgIpc) is 3.02. The fraction of sp³-hybridized carbons (Fsp3) is 0.474. The fourth-order valence-electron chi connectivity index (χ4n) is 3.64. The lowest BCUT2D eigenvalue weighted by Gasteiger charge is -2.33. The lowest BCUT2D eigenvalue weighted by Crippen LogP contribution is -2.44. The van der Waals surface area contributed by atoms with Crippen LogP contribution in [0.1, 0.15) is 44.1 Å². The summed E-state index contributed by atoms with van der Waals surface area (Å²) in [4.78, 5) is 27.0. The Morgan fingerprint density at radius 2 is 1.92 bits per heavy atom. The van der Waals surface area contributed by atoms with Gasteiger partial charge in [-0.15, -0.1) is 0 Å². The summed E-state index contributed by atoms with van der Waals surface area (Å²) in [7, 11) is 0. The Balaban J connectivity index is 1.55. The average molecular weight is 328 g/mol. The summed E-state index contributed by atoms with van der Waals surface area (Å²) in [6.45, 7) is 0.245. The number of carbonyl (C=O) groups excluding carboxylic acids is 1. The first-order valence-electron chi connectivity index (χ1n) is 8.66. The van der Waals surface area contributed by atoms with E-state index in [1.807, 2.05) is 30.5 Å². The topological polar surface area (TPSA) is 82.2 Å². The Morgan fingerprint density at radius 3 is 2.67 bits per heavy atom. The van der Waals surface area contributed by atoms with Gasteiger partial charge in [-0.2, -0.15) is 0 Å². The molecule has 1 heterocycles. The number of benzene rings is 1. The first-order valence-corrected chi connectivity index (χ1v) is 8.66. The predicted octanol–water partition coefficient (Wildman–Crippen LogP) is 3.25. The van der Waals surface area contributed by atoms with E-state index in [0.717, 1.165) is 35.7 Å². The number of rotatable bonds is 6. The van der Waals surface area contributed by atoms with Crippen LogP contribution in [0.4, 0.5) is 0 Å². The standard InChI is InChI=1S/C19H24N2O3/c22-17(21-13-19(18(23)24)10-4-1-5-11-19)9-8-14-12-20-16-7-3-2-6-15(14)16/h2-3,6-7,12,20H,1,4-5,8-11,13H2,(H,21,22)(H,23,24). The minimum Gasteiger partial charge on any atom is -0.481 e. The van der Waals surface area contributed by atoms with E-state index in [1.54, 1.807) is 0 Å². The van der Waals surface area contributed by atoms with Crippen molar-refractivity contribution in [1.82, 2.24) is 10.3 Å². The molecular weight excluding hydrogens is 304 g/mol. The van der Waals surface area contributed by atoms with Gasteiger partial charge >= 0.3 is 5.97 Å². The van der Waals surface area contributed by atoms with Crippen molar-refractivity contribution in [2.45, 2.75) is 44.9 Å². The van der Waals surface area contributed by atoms with Crippen LogP contribution in [-0.4, -0.2) is 28.5 Å². The second kappa shape index (κ2) is 7.07. The molecule has 0 aliphatic heterocycles. The van der Waals surface area contributed by atoms with Gasteiger partial charge in [0.1, 0.15) is 0 Å². The molecule has 128 valence electrons. The van der Waals surface area contributed by atoms with Gasteiger partial charge in [0.05, 0.1) is 5.41 Å². The Morgan fingerprint density at radius 1 is 1.17 bits per heavy atom. The third kappa shape index (κ3) is 3.45. The van der Waals surface area contributed by atoms with Crippen molar-refractivity contribution < 1.29 is 14.7 Å². The first kappa shape index (κ1) is 16.6. The number of aromatic amines is 1. The highest BCUT2D eigenvalue weighted by Crippen LogP contribution is 2.36. The molecule has 1 saturated carbocycles. The van der Waals surface area contributed by atoms with Crippen molar-refractivity contribution in [2.24, 2.45) is 5.41 Å². The highest BCUT2D eigenvalue weighted by molar-refractivity contribution is 5.84. The molecule has 0 saturated heterocycles. The smallest absolute Gasteiger partial charge is 0.311 e. The summed E-state index contributed by atoms with van der Waals surface area (Å²) in [5.74, 6) is -0.856. The van der Waals surface area contributed by atoms with Crippen LogP contribution in [0.5, 0.6) is 0 Å². The Labute approximate surface area is 141 Å². The number of carboxylic acid groups (broad SMARTS) is 1. The number of hydrogen-bond acceptors (Lipinski definition) is 2. The van der Waals surface area contributed by atoms with Crippen LogP contribution in [-0.2, 0) is 16.0 Å². The zero-order chi connectivity index (χ0) is 17.0. The lowest BCUT2D eigenvalue weighted by molar-refractivity contribution is -0.151. The molecule has 3 rings (SSSR count). The van der Waals surface area contributed by atoms with Crippen molar-refractivity contribution in [3.05, 3.63) is 36.0 Å². The maximum absolute atomic E-state index is 12.2. The van der Waals surface area contributed by atoms with Crippen LogP contribution in [0.25, 0.3) is 10.9 Å². The molecule has 24 heavy (non-hydrogen) atoms. The van der Waals surface area contributed by atoms with Gasteiger partial charge < -0.3 is 15.4 Å². The summed E-state index contributed by atoms with van der Waals surface area (Å²) in [5, 5.41) is 13.5. The SMILES string of the molecule is O=C(CCc1c[nH]c2ccccc12)NCC1(C(=O)O)CCCCC1. The molecule has 0 radical (unpaired) electrons. The van der Waals surface area contributed by atoms with Crippen molar-refractivity contribution in [3.8, 4) is 0 Å². The molecule has 1 amide bonds. The molecular formula is C19H24N2O3. The number of para-hydroxylation sites is 1. The van der Waals surface area contributed by atoms with Gasteiger partial charge in [0, 0.05) is 30.1 Å². The number of aryl methyl sites for hydroxylation is 1. The zero-order valence-corrected chi connectivity index (χ0v) is 13.8. The summed E-state index contributed by atoms with van der Waals surface area (Å²) < 4.78 is 0. The minimum atomic E-state index is -0.779. The van der Waals surface area contributed by atoms with E-state index < -0.39 is 11.4 Å². The number of H-pyrrole nitrogens is 1. The van der Waals surface area contributed by atoms with E-state index in [2.05, 4.69) is 10.3 Å². The van der Waals surface area contributed by atoms with Gasteiger partial charge in [-0.05, 0) is 30.9 Å². The minimum absolute atomic E-state index is 0.0773. The van der Waals surface area contributed by atoms with E-state index in [0.29, 0.717) is 25.7 Å². The normalized spacial score (nSPS) is 16.8. The number of hydrogen-bond donors (Lipinski definition) is 3. The molecule has 1 aromatic heterocycles. The number of carbonyl (C=O) groups is 2. The zero-order valence-electron chi connectivity index (χ0n) is 13.8. The second-order valence-electron chi connectivity index (χ2n) is 6.78. The summed E-state index contributed by atoms with van der Waals surface area (Å²) in [5.41, 5.74) is 1.42. The third-order valence-corrected chi connectivity index (χ3v) is 5.18. The number of aliphatic carboxylic acids is 1.